The monoisotopic (exact) mass is 359 g/mol. The lowest BCUT2D eigenvalue weighted by molar-refractivity contribution is -0.118. The Hall–Kier alpha value is -2.61. The molecule has 1 aromatic carbocycles. The van der Waals surface area contributed by atoms with Crippen molar-refractivity contribution in [2.45, 2.75) is 18.0 Å². The molecule has 2 aromatic rings. The summed E-state index contributed by atoms with van der Waals surface area (Å²) in [6.07, 6.45) is 2.34. The van der Waals surface area contributed by atoms with Gasteiger partial charge in [-0.2, -0.15) is 0 Å². The van der Waals surface area contributed by atoms with E-state index in [9.17, 15) is 9.59 Å². The smallest absolute Gasteiger partial charge is 0.237 e. The zero-order valence-corrected chi connectivity index (χ0v) is 14.9. The minimum Gasteiger partial charge on any atom is -0.370 e. The zero-order chi connectivity index (χ0) is 18.2. The number of benzene rings is 1. The Morgan fingerprint density at radius 3 is 2.68 bits per heavy atom. The fourth-order valence-corrected chi connectivity index (χ4v) is 3.02. The number of nitrogens with zero attached hydrogens (tertiary/aromatic N) is 4. The van der Waals surface area contributed by atoms with Crippen molar-refractivity contribution in [1.29, 1.82) is 0 Å². The van der Waals surface area contributed by atoms with Crippen LogP contribution < -0.4 is 10.6 Å². The van der Waals surface area contributed by atoms with Crippen LogP contribution >= 0.6 is 11.8 Å². The molecule has 0 saturated carbocycles. The van der Waals surface area contributed by atoms with E-state index in [0.29, 0.717) is 23.9 Å². The zero-order valence-electron chi connectivity index (χ0n) is 14.1. The van der Waals surface area contributed by atoms with E-state index in [0.717, 1.165) is 5.69 Å². The molecule has 2 rings (SSSR count). The molecule has 1 aromatic heterocycles. The van der Waals surface area contributed by atoms with Gasteiger partial charge in [-0.15, -0.1) is 16.8 Å². The Kier molecular flexibility index (Phi) is 6.76. The molecule has 0 radical (unpaired) electrons. The van der Waals surface area contributed by atoms with Crippen LogP contribution in [0.15, 0.2) is 48.1 Å². The van der Waals surface area contributed by atoms with Gasteiger partial charge in [-0.25, -0.2) is 0 Å². The Balaban J connectivity index is 2.01. The van der Waals surface area contributed by atoms with Gasteiger partial charge in [0.2, 0.25) is 11.8 Å². The third kappa shape index (κ3) is 5.18. The minimum absolute atomic E-state index is 0.0437. The highest BCUT2D eigenvalue weighted by molar-refractivity contribution is 7.99. The third-order valence-corrected chi connectivity index (χ3v) is 4.53. The highest BCUT2D eigenvalue weighted by Gasteiger charge is 2.17. The number of carbonyl (C=O) groups is 2. The molecule has 7 nitrogen and oxygen atoms in total. The number of anilines is 1. The summed E-state index contributed by atoms with van der Waals surface area (Å²) in [4.78, 5) is 25.1. The first-order valence-electron chi connectivity index (χ1n) is 7.78. The number of carbonyl (C=O) groups excluding carboxylic acids is 2. The number of hydrogen-bond donors (Lipinski definition) is 1. The number of primary amides is 1. The predicted molar refractivity (Wildman–Crippen MR) is 98.2 cm³/mol. The SMILES string of the molecule is C=CCN(C(=O)CSc1nnc(CCC(N)=O)n1C)c1ccccc1. The van der Waals surface area contributed by atoms with Gasteiger partial charge in [-0.3, -0.25) is 9.59 Å². The summed E-state index contributed by atoms with van der Waals surface area (Å²) < 4.78 is 1.78. The van der Waals surface area contributed by atoms with E-state index < -0.39 is 0 Å². The molecule has 2 N–H and O–H groups in total. The molecular weight excluding hydrogens is 338 g/mol. The van der Waals surface area contributed by atoms with E-state index in [1.54, 1.807) is 15.5 Å². The molecule has 0 atom stereocenters. The van der Waals surface area contributed by atoms with Gasteiger partial charge in [-0.05, 0) is 12.1 Å². The number of aromatic nitrogens is 3. The molecule has 0 aliphatic carbocycles. The van der Waals surface area contributed by atoms with Gasteiger partial charge in [0.05, 0.1) is 5.75 Å². The molecule has 0 unspecified atom stereocenters. The second-order valence-corrected chi connectivity index (χ2v) is 6.28. The Morgan fingerprint density at radius 2 is 2.04 bits per heavy atom. The van der Waals surface area contributed by atoms with Gasteiger partial charge in [0.15, 0.2) is 5.16 Å². The average Bonchev–Trinajstić information content (AvgIpc) is 2.96. The summed E-state index contributed by atoms with van der Waals surface area (Å²) in [7, 11) is 1.81. The molecule has 2 amide bonds. The van der Waals surface area contributed by atoms with Gasteiger partial charge >= 0.3 is 0 Å². The maximum absolute atomic E-state index is 12.6. The number of amides is 2. The van der Waals surface area contributed by atoms with Gasteiger partial charge in [-0.1, -0.05) is 36.0 Å². The van der Waals surface area contributed by atoms with Crippen molar-refractivity contribution < 1.29 is 9.59 Å². The van der Waals surface area contributed by atoms with Gasteiger partial charge in [0, 0.05) is 32.1 Å². The van der Waals surface area contributed by atoms with Crippen molar-refractivity contribution in [2.75, 3.05) is 17.2 Å². The van der Waals surface area contributed by atoms with Crippen LogP contribution in [0.5, 0.6) is 0 Å². The average molecular weight is 359 g/mol. The number of rotatable bonds is 9. The molecule has 132 valence electrons. The predicted octanol–water partition coefficient (Wildman–Crippen LogP) is 1.54. The first-order chi connectivity index (χ1) is 12.0. The van der Waals surface area contributed by atoms with Gasteiger partial charge in [0.25, 0.3) is 0 Å². The summed E-state index contributed by atoms with van der Waals surface area (Å²) in [5, 5.41) is 8.75. The summed E-state index contributed by atoms with van der Waals surface area (Å²) in [5.74, 6) is 0.470. The van der Waals surface area contributed by atoms with Crippen LogP contribution in [0.2, 0.25) is 0 Å². The fourth-order valence-electron chi connectivity index (χ4n) is 2.22. The number of hydrogen-bond acceptors (Lipinski definition) is 5. The van der Waals surface area contributed by atoms with Crippen molar-refractivity contribution in [2.24, 2.45) is 12.8 Å². The van der Waals surface area contributed by atoms with Crippen molar-refractivity contribution in [3.05, 3.63) is 48.8 Å². The highest BCUT2D eigenvalue weighted by atomic mass is 32.2. The van der Waals surface area contributed by atoms with E-state index in [1.165, 1.54) is 11.8 Å². The lowest BCUT2D eigenvalue weighted by atomic mass is 10.3. The van der Waals surface area contributed by atoms with E-state index in [1.807, 2.05) is 37.4 Å². The maximum Gasteiger partial charge on any atom is 0.237 e. The first kappa shape index (κ1) is 18.7. The topological polar surface area (TPSA) is 94.1 Å². The molecule has 0 saturated heterocycles. The van der Waals surface area contributed by atoms with Crippen LogP contribution in [-0.2, 0) is 23.1 Å². The van der Waals surface area contributed by atoms with E-state index in [-0.39, 0.29) is 24.0 Å². The van der Waals surface area contributed by atoms with Gasteiger partial charge in [0.1, 0.15) is 5.82 Å². The number of thioether (sulfide) groups is 1. The van der Waals surface area contributed by atoms with E-state index in [4.69, 9.17) is 5.73 Å². The standard InChI is InChI=1S/C17H21N5O2S/c1-3-11-22(13-7-5-4-6-8-13)16(24)12-25-17-20-19-15(21(17)2)10-9-14(18)23/h3-8H,1,9-12H2,2H3,(H2,18,23). The van der Waals surface area contributed by atoms with Crippen molar-refractivity contribution in [1.82, 2.24) is 14.8 Å². The van der Waals surface area contributed by atoms with Crippen LogP contribution in [0, 0.1) is 0 Å². The van der Waals surface area contributed by atoms with Crippen LogP contribution in [0.3, 0.4) is 0 Å². The van der Waals surface area contributed by atoms with Crippen molar-refractivity contribution in [3.8, 4) is 0 Å². The molecule has 0 spiro atoms. The van der Waals surface area contributed by atoms with Gasteiger partial charge < -0.3 is 15.2 Å². The largest absolute Gasteiger partial charge is 0.370 e. The second-order valence-electron chi connectivity index (χ2n) is 5.34. The molecule has 0 fully saturated rings. The van der Waals surface area contributed by atoms with Crippen molar-refractivity contribution in [3.63, 3.8) is 0 Å². The summed E-state index contributed by atoms with van der Waals surface area (Å²) in [5.41, 5.74) is 5.98. The number of para-hydroxylation sites is 1. The summed E-state index contributed by atoms with van der Waals surface area (Å²) >= 11 is 1.31. The quantitative estimate of drug-likeness (QED) is 0.541. The van der Waals surface area contributed by atoms with Crippen LogP contribution in [-0.4, -0.2) is 38.9 Å². The van der Waals surface area contributed by atoms with E-state index in [2.05, 4.69) is 16.8 Å². The molecule has 0 aliphatic heterocycles. The molecule has 25 heavy (non-hydrogen) atoms. The molecule has 0 bridgehead atoms. The molecule has 8 heteroatoms. The Morgan fingerprint density at radius 1 is 1.32 bits per heavy atom. The van der Waals surface area contributed by atoms with Crippen LogP contribution in [0.1, 0.15) is 12.2 Å². The minimum atomic E-state index is -0.379. The normalized spacial score (nSPS) is 10.4. The lowest BCUT2D eigenvalue weighted by Crippen LogP contribution is -2.32. The van der Waals surface area contributed by atoms with Crippen LogP contribution in [0.25, 0.3) is 0 Å². The van der Waals surface area contributed by atoms with Crippen LogP contribution in [0.4, 0.5) is 5.69 Å². The third-order valence-electron chi connectivity index (χ3n) is 3.53. The molecule has 1 heterocycles. The fraction of sp³-hybridized carbons (Fsp3) is 0.294. The summed E-state index contributed by atoms with van der Waals surface area (Å²) in [6, 6.07) is 9.45. The highest BCUT2D eigenvalue weighted by Crippen LogP contribution is 2.20. The Bertz CT molecular complexity index is 745. The first-order valence-corrected chi connectivity index (χ1v) is 8.77. The maximum atomic E-state index is 12.6. The second kappa shape index (κ2) is 9.03. The molecule has 0 aliphatic rings. The molecular formula is C17H21N5O2S. The van der Waals surface area contributed by atoms with Crippen molar-refractivity contribution >= 4 is 29.3 Å². The number of aryl methyl sites for hydroxylation is 1. The van der Waals surface area contributed by atoms with E-state index >= 15 is 0 Å². The Labute approximate surface area is 150 Å². The summed E-state index contributed by atoms with van der Waals surface area (Å²) in [6.45, 7) is 4.15. The number of nitrogens with two attached hydrogens (primary N) is 1. The lowest BCUT2D eigenvalue weighted by Gasteiger charge is -2.21.